The summed E-state index contributed by atoms with van der Waals surface area (Å²) in [7, 11) is 0. The Morgan fingerprint density at radius 1 is 0.505 bits per heavy atom. The van der Waals surface area contributed by atoms with E-state index in [2.05, 4.69) is 82.5 Å². The molecule has 3 aliphatic rings. The Balaban J connectivity index is 0.000000131. The molecular weight excluding hydrogens is 1490 g/mol. The van der Waals surface area contributed by atoms with Crippen LogP contribution in [0, 0.1) is 17.8 Å². The zero-order valence-electron chi connectivity index (χ0n) is 53.2. The Morgan fingerprint density at radius 2 is 0.814 bits per heavy atom. The Hall–Kier alpha value is -7.64. The molecule has 0 saturated carbocycles. The molecule has 0 bridgehead atoms. The normalized spacial score (nSPS) is 17.1. The molecule has 0 aliphatic carbocycles. The van der Waals surface area contributed by atoms with E-state index < -0.39 is 12.2 Å². The number of halogens is 3. The van der Waals surface area contributed by atoms with Gasteiger partial charge in [0.2, 0.25) is 5.91 Å². The average Bonchev–Trinajstić information content (AvgIpc) is 1.68. The number of nitrogen functional groups attached to an aromatic ring is 3. The molecule has 0 radical (unpaired) electrons. The number of anilines is 3. The van der Waals surface area contributed by atoms with Gasteiger partial charge < -0.3 is 69.1 Å². The van der Waals surface area contributed by atoms with Gasteiger partial charge in [0, 0.05) is 129 Å². The SMILES string of the molecule is CC(=O)N1CCC(CCn2c(Sc3cc4occc4cc3Br)nc3c(N)nccc32)C1.C[C@@H](O)C(=O)N1CCC(CCn2c(Sc3cc4occc4cc3Br)nc3c(N)nccc32)C1.C[C@H](O)C(=O)N1CCC(CCn2c(Sc3cc4occc4cc3Br)nc3c(N)nccc32)C1. The highest BCUT2D eigenvalue weighted by molar-refractivity contribution is 9.11. The number of aliphatic hydroxyl groups excluding tert-OH is 2. The predicted octanol–water partition coefficient (Wildman–Crippen LogP) is 13.5. The van der Waals surface area contributed by atoms with Crippen molar-refractivity contribution in [2.24, 2.45) is 17.8 Å². The van der Waals surface area contributed by atoms with Gasteiger partial charge >= 0.3 is 0 Å². The van der Waals surface area contributed by atoms with Crippen LogP contribution in [-0.4, -0.2) is 138 Å². The number of aromatic nitrogens is 9. The molecule has 504 valence electrons. The quantitative estimate of drug-likeness (QED) is 0.0565. The third-order valence-corrected chi connectivity index (χ3v) is 23.9. The van der Waals surface area contributed by atoms with Crippen LogP contribution < -0.4 is 17.2 Å². The first kappa shape index (κ1) is 67.9. The second-order valence-electron chi connectivity index (χ2n) is 24.6. The Bertz CT molecular complexity index is 4710. The van der Waals surface area contributed by atoms with E-state index in [1.807, 2.05) is 71.6 Å². The van der Waals surface area contributed by atoms with E-state index in [1.54, 1.807) is 89.4 Å². The Labute approximate surface area is 595 Å². The van der Waals surface area contributed by atoms with Gasteiger partial charge in [-0.1, -0.05) is 35.3 Å². The van der Waals surface area contributed by atoms with Gasteiger partial charge in [-0.05, 0) is 191 Å². The smallest absolute Gasteiger partial charge is 0.251 e. The molecule has 29 heteroatoms. The first-order valence-corrected chi connectivity index (χ1v) is 36.7. The van der Waals surface area contributed by atoms with Crippen molar-refractivity contribution in [2.45, 2.75) is 121 Å². The maximum absolute atomic E-state index is 12.1. The average molecular weight is 1560 g/mol. The number of hydrogen-bond acceptors (Lipinski definition) is 20. The maximum Gasteiger partial charge on any atom is 0.251 e. The number of hydrogen-bond donors (Lipinski definition) is 5. The Kier molecular flexibility index (Phi) is 20.6. The number of imidazole rings is 3. The number of likely N-dealkylation sites (tertiary alicyclic amines) is 3. The molecular formula is C68H70Br3N15O8S3. The topological polar surface area (TPSA) is 311 Å². The fraction of sp³-hybridized carbons (Fsp3) is 0.338. The van der Waals surface area contributed by atoms with Gasteiger partial charge in [-0.3, -0.25) is 14.4 Å². The zero-order valence-corrected chi connectivity index (χ0v) is 60.4. The standard InChI is InChI=1S/2C23H24BrN5O3S.C22H22BrN5O2S/c2*1-13(30)22(31)28-7-3-14(12-28)4-8-29-17-2-6-26-21(25)20(17)27-23(29)33-19-11-18-15(5-9-32-18)10-16(19)24;1-13(29)27-7-3-14(12-27)4-8-28-17-2-6-25-21(24)20(17)26-22(28)31-19-11-18-15(5-9-30-18)10-16(19)23/h2*2,5-6,9-11,13-14,30H,3-4,7-8,12H2,1H3,(H2,25,26);2,5-6,9-11,14H,3-4,7-8,12H2,1H3,(H2,24,25)/t2*13-,14?;/m10./s1. The van der Waals surface area contributed by atoms with E-state index in [0.29, 0.717) is 72.4 Å². The van der Waals surface area contributed by atoms with Crippen molar-refractivity contribution >= 4 is 184 Å². The summed E-state index contributed by atoms with van der Waals surface area (Å²) >= 11 is 15.7. The second-order valence-corrected chi connectivity index (χ2v) is 30.2. The fourth-order valence-corrected chi connectivity index (χ4v) is 17.5. The van der Waals surface area contributed by atoms with E-state index in [1.165, 1.54) is 13.8 Å². The van der Waals surface area contributed by atoms with E-state index >= 15 is 0 Å². The first-order valence-electron chi connectivity index (χ1n) is 31.9. The highest BCUT2D eigenvalue weighted by Crippen LogP contribution is 2.42. The summed E-state index contributed by atoms with van der Waals surface area (Å²) in [6, 6.07) is 23.8. The summed E-state index contributed by atoms with van der Waals surface area (Å²) in [5.74, 6) is 2.24. The van der Waals surface area contributed by atoms with Crippen LogP contribution in [0.1, 0.15) is 59.3 Å². The summed E-state index contributed by atoms with van der Waals surface area (Å²) < 4.78 is 26.2. The minimum atomic E-state index is -0.954. The lowest BCUT2D eigenvalue weighted by atomic mass is 10.1. The molecule has 12 heterocycles. The summed E-state index contributed by atoms with van der Waals surface area (Å²) in [6.07, 6.45) is 13.9. The highest BCUT2D eigenvalue weighted by Gasteiger charge is 2.31. The number of furan rings is 3. The molecule has 5 atom stereocenters. The monoisotopic (exact) mass is 1560 g/mol. The number of aryl methyl sites for hydroxylation is 3. The third-order valence-electron chi connectivity index (χ3n) is 18.0. The minimum Gasteiger partial charge on any atom is -0.464 e. The number of carbonyl (C=O) groups is 3. The van der Waals surface area contributed by atoms with Gasteiger partial charge in [0.05, 0.1) is 35.3 Å². The van der Waals surface area contributed by atoms with Gasteiger partial charge in [0.1, 0.15) is 45.5 Å². The lowest BCUT2D eigenvalue weighted by Crippen LogP contribution is -2.36. The van der Waals surface area contributed by atoms with Crippen LogP contribution in [-0.2, 0) is 34.0 Å². The Morgan fingerprint density at radius 3 is 1.11 bits per heavy atom. The molecule has 15 rings (SSSR count). The van der Waals surface area contributed by atoms with Crippen molar-refractivity contribution in [1.82, 2.24) is 58.3 Å². The molecule has 3 amide bonds. The maximum atomic E-state index is 12.1. The number of aliphatic hydroxyl groups is 2. The molecule has 3 aliphatic heterocycles. The van der Waals surface area contributed by atoms with Crippen LogP contribution in [0.25, 0.3) is 66.0 Å². The molecule has 9 aromatic heterocycles. The van der Waals surface area contributed by atoms with Crippen molar-refractivity contribution < 1.29 is 37.8 Å². The van der Waals surface area contributed by atoms with E-state index in [4.69, 9.17) is 45.4 Å². The number of pyridine rings is 3. The summed E-state index contributed by atoms with van der Waals surface area (Å²) in [4.78, 5) is 71.5. The zero-order chi connectivity index (χ0) is 67.8. The van der Waals surface area contributed by atoms with E-state index in [9.17, 15) is 24.6 Å². The van der Waals surface area contributed by atoms with Crippen LogP contribution in [0.2, 0.25) is 0 Å². The minimum absolute atomic E-state index is 0.156. The van der Waals surface area contributed by atoms with E-state index in [-0.39, 0.29) is 17.7 Å². The van der Waals surface area contributed by atoms with Crippen LogP contribution in [0.4, 0.5) is 17.5 Å². The number of rotatable bonds is 17. The third kappa shape index (κ3) is 14.9. The first-order chi connectivity index (χ1) is 46.8. The van der Waals surface area contributed by atoms with Crippen LogP contribution in [0.15, 0.2) is 167 Å². The van der Waals surface area contributed by atoms with Crippen molar-refractivity contribution in [3.8, 4) is 0 Å². The second kappa shape index (κ2) is 29.4. The number of carbonyl (C=O) groups excluding carboxylic acids is 3. The van der Waals surface area contributed by atoms with Crippen molar-refractivity contribution in [1.29, 1.82) is 0 Å². The molecule has 97 heavy (non-hydrogen) atoms. The molecule has 23 nitrogen and oxygen atoms in total. The van der Waals surface area contributed by atoms with Gasteiger partial charge in [-0.2, -0.15) is 0 Å². The van der Waals surface area contributed by atoms with Crippen LogP contribution >= 0.6 is 83.1 Å². The summed E-state index contributed by atoms with van der Waals surface area (Å²) in [5.41, 5.74) is 25.8. The molecule has 12 aromatic rings. The number of fused-ring (bicyclic) bond motifs is 6. The van der Waals surface area contributed by atoms with Gasteiger partial charge in [0.25, 0.3) is 11.8 Å². The molecule has 3 saturated heterocycles. The molecule has 8 N–H and O–H groups in total. The largest absolute Gasteiger partial charge is 0.464 e. The molecule has 3 aromatic carbocycles. The number of amides is 3. The van der Waals surface area contributed by atoms with E-state index in [0.717, 1.165) is 170 Å². The van der Waals surface area contributed by atoms with Gasteiger partial charge in [0.15, 0.2) is 32.9 Å². The molecule has 3 fully saturated rings. The lowest BCUT2D eigenvalue weighted by Gasteiger charge is -2.18. The number of nitrogens with two attached hydrogens (primary N) is 3. The van der Waals surface area contributed by atoms with Crippen molar-refractivity contribution in [2.75, 3.05) is 56.5 Å². The summed E-state index contributed by atoms with van der Waals surface area (Å²) in [5, 5.41) is 24.8. The molecule has 3 unspecified atom stereocenters. The highest BCUT2D eigenvalue weighted by atomic mass is 79.9. The summed E-state index contributed by atoms with van der Waals surface area (Å²) in [6.45, 7) is 11.4. The van der Waals surface area contributed by atoms with Gasteiger partial charge in [-0.25, -0.2) is 29.9 Å². The number of nitrogens with zero attached hydrogens (tertiary/aromatic N) is 12. The van der Waals surface area contributed by atoms with Crippen LogP contribution in [0.3, 0.4) is 0 Å². The van der Waals surface area contributed by atoms with Crippen molar-refractivity contribution in [3.05, 3.63) is 124 Å². The van der Waals surface area contributed by atoms with Crippen LogP contribution in [0.5, 0.6) is 0 Å². The number of benzene rings is 3. The molecule has 0 spiro atoms. The van der Waals surface area contributed by atoms with Crippen molar-refractivity contribution in [3.63, 3.8) is 0 Å². The predicted molar refractivity (Wildman–Crippen MR) is 387 cm³/mol. The fourth-order valence-electron chi connectivity index (χ4n) is 12.8. The lowest BCUT2D eigenvalue weighted by molar-refractivity contribution is -0.138. The van der Waals surface area contributed by atoms with Gasteiger partial charge in [-0.15, -0.1) is 0 Å².